The molecule has 3 nitrogen and oxygen atoms in total. The summed E-state index contributed by atoms with van der Waals surface area (Å²) in [5, 5.41) is 0. The summed E-state index contributed by atoms with van der Waals surface area (Å²) < 4.78 is 0. The van der Waals surface area contributed by atoms with Crippen molar-refractivity contribution >= 4 is 5.97 Å². The molecule has 0 radical (unpaired) electrons. The quantitative estimate of drug-likeness (QED) is 0.107. The van der Waals surface area contributed by atoms with Crippen molar-refractivity contribution in [1.29, 1.82) is 0 Å². The molecule has 0 aliphatic rings. The first-order chi connectivity index (χ1) is 13.3. The first-order valence-corrected chi connectivity index (χ1v) is 12.1. The van der Waals surface area contributed by atoms with Crippen molar-refractivity contribution in [3.05, 3.63) is 0 Å². The molecule has 0 fully saturated rings. The Morgan fingerprint density at radius 2 is 0.889 bits per heavy atom. The van der Waals surface area contributed by atoms with Gasteiger partial charge in [-0.2, -0.15) is 4.89 Å². The van der Waals surface area contributed by atoms with Gasteiger partial charge in [0.25, 0.3) is 0 Å². The SMILES string of the molecule is CCCCCCCCCCCCCCCCCC(=O)OOCCCCCC. The number of rotatable bonds is 22. The largest absolute Gasteiger partial charge is 0.342 e. The summed E-state index contributed by atoms with van der Waals surface area (Å²) in [5.41, 5.74) is 0. The van der Waals surface area contributed by atoms with Gasteiger partial charge in [0, 0.05) is 6.42 Å². The molecule has 0 saturated carbocycles. The molecule has 0 aliphatic carbocycles. The van der Waals surface area contributed by atoms with Crippen LogP contribution in [0.5, 0.6) is 0 Å². The topological polar surface area (TPSA) is 35.5 Å². The molecule has 0 aromatic carbocycles. The zero-order valence-electron chi connectivity index (χ0n) is 18.6. The molecule has 0 rings (SSSR count). The summed E-state index contributed by atoms with van der Waals surface area (Å²) in [6.45, 7) is 4.99. The Bertz CT molecular complexity index is 291. The Morgan fingerprint density at radius 1 is 0.519 bits per heavy atom. The molecule has 0 bridgehead atoms. The molecule has 0 unspecified atom stereocenters. The Balaban J connectivity index is 3.10. The predicted molar refractivity (Wildman–Crippen MR) is 116 cm³/mol. The van der Waals surface area contributed by atoms with Gasteiger partial charge in [-0.3, -0.25) is 4.89 Å². The number of carbonyl (C=O) groups is 1. The Kier molecular flexibility index (Phi) is 23.0. The molecule has 0 aliphatic heterocycles. The lowest BCUT2D eigenvalue weighted by atomic mass is 10.0. The van der Waals surface area contributed by atoms with E-state index in [4.69, 9.17) is 9.78 Å². The molecule has 0 saturated heterocycles. The van der Waals surface area contributed by atoms with Gasteiger partial charge in [-0.25, -0.2) is 4.79 Å². The smallest absolute Gasteiger partial charge is 0.298 e. The molecular weight excluding hydrogens is 336 g/mol. The zero-order chi connectivity index (χ0) is 19.8. The van der Waals surface area contributed by atoms with Crippen molar-refractivity contribution in [3.8, 4) is 0 Å². The van der Waals surface area contributed by atoms with Crippen LogP contribution in [0.2, 0.25) is 0 Å². The van der Waals surface area contributed by atoms with Crippen molar-refractivity contribution in [1.82, 2.24) is 0 Å². The standard InChI is InChI=1S/C24H48O3/c1-3-5-7-9-10-11-12-13-14-15-16-17-18-19-20-22-24(25)27-26-23-21-8-6-4-2/h3-23H2,1-2H3. The van der Waals surface area contributed by atoms with E-state index in [1.165, 1.54) is 96.3 Å². The number of hydrogen-bond donors (Lipinski definition) is 0. The van der Waals surface area contributed by atoms with Crippen molar-refractivity contribution in [2.45, 2.75) is 142 Å². The number of hydrogen-bond acceptors (Lipinski definition) is 3. The second-order valence-corrected chi connectivity index (χ2v) is 8.04. The highest BCUT2D eigenvalue weighted by atomic mass is 17.2. The van der Waals surface area contributed by atoms with Crippen molar-refractivity contribution < 1.29 is 14.6 Å². The van der Waals surface area contributed by atoms with Gasteiger partial charge in [-0.1, -0.05) is 123 Å². The second-order valence-electron chi connectivity index (χ2n) is 8.04. The highest BCUT2D eigenvalue weighted by Gasteiger charge is 2.03. The van der Waals surface area contributed by atoms with Crippen molar-refractivity contribution in [2.75, 3.05) is 6.61 Å². The molecule has 0 spiro atoms. The molecule has 0 atom stereocenters. The minimum Gasteiger partial charge on any atom is -0.298 e. The summed E-state index contributed by atoms with van der Waals surface area (Å²) in [4.78, 5) is 21.3. The lowest BCUT2D eigenvalue weighted by molar-refractivity contribution is -0.272. The highest BCUT2D eigenvalue weighted by Crippen LogP contribution is 2.13. The van der Waals surface area contributed by atoms with Gasteiger partial charge in [0.05, 0.1) is 6.61 Å². The molecule has 0 amide bonds. The van der Waals surface area contributed by atoms with E-state index >= 15 is 0 Å². The third-order valence-corrected chi connectivity index (χ3v) is 5.22. The van der Waals surface area contributed by atoms with E-state index in [1.54, 1.807) is 0 Å². The first kappa shape index (κ1) is 26.4. The van der Waals surface area contributed by atoms with Crippen LogP contribution in [-0.4, -0.2) is 12.6 Å². The van der Waals surface area contributed by atoms with Gasteiger partial charge in [-0.15, -0.1) is 0 Å². The molecule has 0 N–H and O–H groups in total. The van der Waals surface area contributed by atoms with Crippen LogP contribution in [0.25, 0.3) is 0 Å². The van der Waals surface area contributed by atoms with E-state index in [2.05, 4.69) is 13.8 Å². The fraction of sp³-hybridized carbons (Fsp3) is 0.958. The second kappa shape index (κ2) is 23.5. The van der Waals surface area contributed by atoms with E-state index in [0.717, 1.165) is 25.7 Å². The minimum atomic E-state index is -0.208. The maximum Gasteiger partial charge on any atom is 0.342 e. The normalized spacial score (nSPS) is 11.0. The number of carbonyl (C=O) groups excluding carboxylic acids is 1. The average molecular weight is 385 g/mol. The molecule has 0 aromatic rings. The van der Waals surface area contributed by atoms with Gasteiger partial charge in [0.2, 0.25) is 0 Å². The van der Waals surface area contributed by atoms with Crippen molar-refractivity contribution in [3.63, 3.8) is 0 Å². The van der Waals surface area contributed by atoms with Crippen LogP contribution >= 0.6 is 0 Å². The van der Waals surface area contributed by atoms with Crippen LogP contribution in [0, 0.1) is 0 Å². The van der Waals surface area contributed by atoms with Crippen LogP contribution in [0.1, 0.15) is 142 Å². The summed E-state index contributed by atoms with van der Waals surface area (Å²) in [6.07, 6.45) is 25.1. The summed E-state index contributed by atoms with van der Waals surface area (Å²) in [5.74, 6) is -0.208. The van der Waals surface area contributed by atoms with Gasteiger partial charge < -0.3 is 0 Å². The molecule has 0 aromatic heterocycles. The van der Waals surface area contributed by atoms with Crippen LogP contribution in [-0.2, 0) is 14.6 Å². The van der Waals surface area contributed by atoms with E-state index in [0.29, 0.717) is 13.0 Å². The van der Waals surface area contributed by atoms with Gasteiger partial charge >= 0.3 is 5.97 Å². The van der Waals surface area contributed by atoms with E-state index in [9.17, 15) is 4.79 Å². The van der Waals surface area contributed by atoms with Crippen LogP contribution in [0.3, 0.4) is 0 Å². The van der Waals surface area contributed by atoms with Crippen LogP contribution in [0.4, 0.5) is 0 Å². The predicted octanol–water partition coefficient (Wildman–Crippen LogP) is 8.30. The van der Waals surface area contributed by atoms with Gasteiger partial charge in [0.1, 0.15) is 0 Å². The number of unbranched alkanes of at least 4 members (excludes halogenated alkanes) is 17. The highest BCUT2D eigenvalue weighted by molar-refractivity contribution is 5.68. The zero-order valence-corrected chi connectivity index (χ0v) is 18.6. The van der Waals surface area contributed by atoms with Crippen LogP contribution < -0.4 is 0 Å². The van der Waals surface area contributed by atoms with Gasteiger partial charge in [-0.05, 0) is 12.8 Å². The monoisotopic (exact) mass is 384 g/mol. The fourth-order valence-corrected chi connectivity index (χ4v) is 3.38. The molecule has 27 heavy (non-hydrogen) atoms. The van der Waals surface area contributed by atoms with E-state index < -0.39 is 0 Å². The van der Waals surface area contributed by atoms with Gasteiger partial charge in [0.15, 0.2) is 0 Å². The van der Waals surface area contributed by atoms with Crippen LogP contribution in [0.15, 0.2) is 0 Å². The lowest BCUT2D eigenvalue weighted by Gasteiger charge is -2.04. The minimum absolute atomic E-state index is 0.208. The Morgan fingerprint density at radius 3 is 1.33 bits per heavy atom. The summed E-state index contributed by atoms with van der Waals surface area (Å²) in [6, 6.07) is 0. The molecule has 3 heteroatoms. The molecule has 0 heterocycles. The Labute approximate surface area is 169 Å². The fourth-order valence-electron chi connectivity index (χ4n) is 3.38. The Hall–Kier alpha value is -0.570. The molecular formula is C24H48O3. The summed E-state index contributed by atoms with van der Waals surface area (Å²) >= 11 is 0. The third kappa shape index (κ3) is 23.4. The van der Waals surface area contributed by atoms with Crippen molar-refractivity contribution in [2.24, 2.45) is 0 Å². The van der Waals surface area contributed by atoms with E-state index in [1.807, 2.05) is 0 Å². The maximum atomic E-state index is 11.5. The average Bonchev–Trinajstić information content (AvgIpc) is 2.67. The maximum absolute atomic E-state index is 11.5. The third-order valence-electron chi connectivity index (χ3n) is 5.22. The lowest BCUT2D eigenvalue weighted by Crippen LogP contribution is -2.06. The summed E-state index contributed by atoms with van der Waals surface area (Å²) in [7, 11) is 0. The van der Waals surface area contributed by atoms with E-state index in [-0.39, 0.29) is 5.97 Å². The molecule has 162 valence electrons. The first-order valence-electron chi connectivity index (χ1n) is 12.1.